The molecule has 0 aliphatic heterocycles. The summed E-state index contributed by atoms with van der Waals surface area (Å²) in [4.78, 5) is 27.0. The molecule has 186 valence electrons. The second-order valence-electron chi connectivity index (χ2n) is 7.76. The number of anilines is 1. The molecule has 2 rings (SSSR count). The number of hydrogen-bond acceptors (Lipinski definition) is 4. The van der Waals surface area contributed by atoms with Crippen LogP contribution >= 0.6 is 15.9 Å². The van der Waals surface area contributed by atoms with Crippen molar-refractivity contribution in [2.24, 2.45) is 0 Å². The fourth-order valence-electron chi connectivity index (χ4n) is 3.38. The molecule has 2 aromatic rings. The number of likely N-dealkylation sites (N-methyl/N-ethyl adjacent to an activating group) is 1. The van der Waals surface area contributed by atoms with Crippen molar-refractivity contribution >= 4 is 43.5 Å². The lowest BCUT2D eigenvalue weighted by Gasteiger charge is -2.29. The maximum atomic E-state index is 13.6. The van der Waals surface area contributed by atoms with Crippen molar-refractivity contribution in [3.63, 3.8) is 0 Å². The first-order chi connectivity index (χ1) is 15.9. The highest BCUT2D eigenvalue weighted by Crippen LogP contribution is 2.22. The predicted molar refractivity (Wildman–Crippen MR) is 131 cm³/mol. The van der Waals surface area contributed by atoms with E-state index in [2.05, 4.69) is 21.2 Å². The summed E-state index contributed by atoms with van der Waals surface area (Å²) in [6, 6.07) is 9.42. The van der Waals surface area contributed by atoms with Gasteiger partial charge in [0.1, 0.15) is 6.04 Å². The third kappa shape index (κ3) is 7.76. The lowest BCUT2D eigenvalue weighted by molar-refractivity contribution is -0.140. The normalized spacial score (nSPS) is 12.2. The number of nitrogens with one attached hydrogen (secondary N) is 1. The van der Waals surface area contributed by atoms with Crippen LogP contribution in [0.1, 0.15) is 32.3 Å². The van der Waals surface area contributed by atoms with Crippen LogP contribution in [-0.2, 0) is 26.2 Å². The Bertz CT molecular complexity index is 1130. The van der Waals surface area contributed by atoms with Gasteiger partial charge >= 0.3 is 0 Å². The van der Waals surface area contributed by atoms with Crippen LogP contribution in [0.5, 0.6) is 0 Å². The number of carbonyl (C=O) groups is 2. The summed E-state index contributed by atoms with van der Waals surface area (Å²) in [5.41, 5.74) is 0.786. The standard InChI is InChI=1S/C23H28BrF2N3O4S/c1-4-27-23(31)16(2)28(15-17-7-5-8-18(24)13-17)22(30)9-6-12-29(34(3,32)33)19-10-11-20(25)21(26)14-19/h5,7-8,10-11,13-14,16H,4,6,9,12,15H2,1-3H3,(H,27,31)/t16-/m1/s1. The Morgan fingerprint density at radius 1 is 1.12 bits per heavy atom. The van der Waals surface area contributed by atoms with Crippen molar-refractivity contribution in [2.45, 2.75) is 39.3 Å². The van der Waals surface area contributed by atoms with Crippen LogP contribution < -0.4 is 9.62 Å². The van der Waals surface area contributed by atoms with Crippen molar-refractivity contribution in [3.05, 3.63) is 64.1 Å². The number of nitrogens with zero attached hydrogens (tertiary/aromatic N) is 2. The molecule has 2 aromatic carbocycles. The Morgan fingerprint density at radius 3 is 2.41 bits per heavy atom. The van der Waals surface area contributed by atoms with Crippen LogP contribution in [0, 0.1) is 11.6 Å². The molecular formula is C23H28BrF2N3O4S. The van der Waals surface area contributed by atoms with E-state index in [-0.39, 0.29) is 43.4 Å². The number of amides is 2. The number of rotatable bonds is 11. The maximum absolute atomic E-state index is 13.6. The number of halogens is 3. The molecule has 0 spiro atoms. The van der Waals surface area contributed by atoms with Gasteiger partial charge < -0.3 is 10.2 Å². The van der Waals surface area contributed by atoms with Gasteiger partial charge in [0, 0.05) is 36.6 Å². The van der Waals surface area contributed by atoms with Gasteiger partial charge in [-0.25, -0.2) is 17.2 Å². The first-order valence-corrected chi connectivity index (χ1v) is 13.3. The molecule has 0 unspecified atom stereocenters. The number of sulfonamides is 1. The SMILES string of the molecule is CCNC(=O)[C@@H](C)N(Cc1cccc(Br)c1)C(=O)CCCN(c1ccc(F)c(F)c1)S(C)(=O)=O. The van der Waals surface area contributed by atoms with Gasteiger partial charge in [0.25, 0.3) is 0 Å². The molecule has 0 aromatic heterocycles. The fraction of sp³-hybridized carbons (Fsp3) is 0.391. The van der Waals surface area contributed by atoms with E-state index in [0.717, 1.165) is 38.8 Å². The van der Waals surface area contributed by atoms with Gasteiger partial charge in [-0.3, -0.25) is 13.9 Å². The Balaban J connectivity index is 2.17. The number of carbonyl (C=O) groups excluding carboxylic acids is 2. The Labute approximate surface area is 207 Å². The maximum Gasteiger partial charge on any atom is 0.242 e. The molecule has 0 fully saturated rings. The summed E-state index contributed by atoms with van der Waals surface area (Å²) in [6.45, 7) is 3.90. The third-order valence-electron chi connectivity index (χ3n) is 5.10. The van der Waals surface area contributed by atoms with E-state index >= 15 is 0 Å². The van der Waals surface area contributed by atoms with Crippen molar-refractivity contribution < 1.29 is 26.8 Å². The molecule has 0 aliphatic rings. The van der Waals surface area contributed by atoms with Crippen LogP contribution in [0.4, 0.5) is 14.5 Å². The molecule has 0 bridgehead atoms. The fourth-order valence-corrected chi connectivity index (χ4v) is 4.78. The second kappa shape index (κ2) is 12.3. The summed E-state index contributed by atoms with van der Waals surface area (Å²) in [6.07, 6.45) is 1.02. The van der Waals surface area contributed by atoms with Gasteiger partial charge in [-0.2, -0.15) is 0 Å². The van der Waals surface area contributed by atoms with Crippen molar-refractivity contribution in [3.8, 4) is 0 Å². The zero-order valence-corrected chi connectivity index (χ0v) is 21.6. The van der Waals surface area contributed by atoms with Gasteiger partial charge in [-0.1, -0.05) is 28.1 Å². The first-order valence-electron chi connectivity index (χ1n) is 10.7. The molecule has 0 heterocycles. The van der Waals surface area contributed by atoms with Crippen LogP contribution in [0.3, 0.4) is 0 Å². The molecule has 1 N–H and O–H groups in total. The van der Waals surface area contributed by atoms with Crippen LogP contribution in [0.15, 0.2) is 46.9 Å². The van der Waals surface area contributed by atoms with E-state index in [1.807, 2.05) is 24.3 Å². The molecular weight excluding hydrogens is 532 g/mol. The van der Waals surface area contributed by atoms with E-state index in [1.165, 1.54) is 4.90 Å². The minimum atomic E-state index is -3.81. The first kappa shape index (κ1) is 27.7. The van der Waals surface area contributed by atoms with Crippen molar-refractivity contribution in [1.82, 2.24) is 10.2 Å². The van der Waals surface area contributed by atoms with Crippen LogP contribution in [0.25, 0.3) is 0 Å². The molecule has 7 nitrogen and oxygen atoms in total. The third-order valence-corrected chi connectivity index (χ3v) is 6.79. The molecule has 1 atom stereocenters. The molecule has 0 aliphatic carbocycles. The minimum absolute atomic E-state index is 0.0319. The Kier molecular flexibility index (Phi) is 9.99. The molecule has 2 amide bonds. The largest absolute Gasteiger partial charge is 0.355 e. The average molecular weight is 560 g/mol. The smallest absolute Gasteiger partial charge is 0.242 e. The highest BCUT2D eigenvalue weighted by atomic mass is 79.9. The lowest BCUT2D eigenvalue weighted by Crippen LogP contribution is -2.47. The minimum Gasteiger partial charge on any atom is -0.355 e. The number of benzene rings is 2. The molecule has 0 saturated heterocycles. The molecule has 0 radical (unpaired) electrons. The number of hydrogen-bond donors (Lipinski definition) is 1. The topological polar surface area (TPSA) is 86.8 Å². The summed E-state index contributed by atoms with van der Waals surface area (Å²) in [5.74, 6) is -2.89. The van der Waals surface area contributed by atoms with Crippen molar-refractivity contribution in [2.75, 3.05) is 23.7 Å². The summed E-state index contributed by atoms with van der Waals surface area (Å²) < 4.78 is 53.2. The van der Waals surface area contributed by atoms with E-state index in [0.29, 0.717) is 6.54 Å². The zero-order valence-electron chi connectivity index (χ0n) is 19.2. The van der Waals surface area contributed by atoms with Crippen molar-refractivity contribution in [1.29, 1.82) is 0 Å². The van der Waals surface area contributed by atoms with E-state index in [9.17, 15) is 26.8 Å². The molecule has 34 heavy (non-hydrogen) atoms. The van der Waals surface area contributed by atoms with Crippen LogP contribution in [0.2, 0.25) is 0 Å². The summed E-state index contributed by atoms with van der Waals surface area (Å²) in [5, 5.41) is 2.71. The van der Waals surface area contributed by atoms with Gasteiger partial charge in [-0.15, -0.1) is 0 Å². The molecule has 11 heteroatoms. The van der Waals surface area contributed by atoms with Gasteiger partial charge in [0.05, 0.1) is 11.9 Å². The predicted octanol–water partition coefficient (Wildman–Crippen LogP) is 3.83. The monoisotopic (exact) mass is 559 g/mol. The highest BCUT2D eigenvalue weighted by Gasteiger charge is 2.26. The summed E-state index contributed by atoms with van der Waals surface area (Å²) in [7, 11) is -3.81. The lowest BCUT2D eigenvalue weighted by atomic mass is 10.1. The van der Waals surface area contributed by atoms with Gasteiger partial charge in [0.15, 0.2) is 11.6 Å². The molecule has 0 saturated carbocycles. The second-order valence-corrected chi connectivity index (χ2v) is 10.6. The Morgan fingerprint density at radius 2 is 1.82 bits per heavy atom. The zero-order chi connectivity index (χ0) is 25.5. The quantitative estimate of drug-likeness (QED) is 0.453. The van der Waals surface area contributed by atoms with Gasteiger partial charge in [-0.05, 0) is 50.1 Å². The van der Waals surface area contributed by atoms with Crippen LogP contribution in [-0.4, -0.2) is 50.5 Å². The Hall–Kier alpha value is -2.53. The van der Waals surface area contributed by atoms with Gasteiger partial charge in [0.2, 0.25) is 21.8 Å². The highest BCUT2D eigenvalue weighted by molar-refractivity contribution is 9.10. The average Bonchev–Trinajstić information content (AvgIpc) is 2.76. The summed E-state index contributed by atoms with van der Waals surface area (Å²) >= 11 is 3.39. The van der Waals surface area contributed by atoms with E-state index < -0.39 is 27.7 Å². The van der Waals surface area contributed by atoms with E-state index in [1.54, 1.807) is 13.8 Å². The van der Waals surface area contributed by atoms with E-state index in [4.69, 9.17) is 0 Å².